The van der Waals surface area contributed by atoms with Gasteiger partial charge in [-0.05, 0) is 18.3 Å². The van der Waals surface area contributed by atoms with Gasteiger partial charge in [0.15, 0.2) is 0 Å². The van der Waals surface area contributed by atoms with Crippen LogP contribution in [0.25, 0.3) is 0 Å². The van der Waals surface area contributed by atoms with Crippen LogP contribution in [0.2, 0.25) is 0 Å². The number of nitrogens with one attached hydrogen (secondary N) is 2. The van der Waals surface area contributed by atoms with Gasteiger partial charge in [0.05, 0.1) is 12.6 Å². The maximum absolute atomic E-state index is 11.5. The van der Waals surface area contributed by atoms with E-state index in [2.05, 4.69) is 10.6 Å². The summed E-state index contributed by atoms with van der Waals surface area (Å²) in [6.07, 6.45) is 1.10. The lowest BCUT2D eigenvalue weighted by Gasteiger charge is -2.25. The Morgan fingerprint density at radius 3 is 2.33 bits per heavy atom. The predicted molar refractivity (Wildman–Crippen MR) is 68.4 cm³/mol. The van der Waals surface area contributed by atoms with Gasteiger partial charge in [0.1, 0.15) is 0 Å². The van der Waals surface area contributed by atoms with E-state index >= 15 is 0 Å². The molecule has 0 rings (SSSR count). The molecule has 0 aromatic rings. The molecule has 0 aliphatic heterocycles. The summed E-state index contributed by atoms with van der Waals surface area (Å²) in [6, 6.07) is -0.659. The highest BCUT2D eigenvalue weighted by atomic mass is 16.4. The SMILES string of the molecule is CC(C)(C)CC(CO)NC(=O)NCCCC(=O)O. The van der Waals surface area contributed by atoms with Gasteiger partial charge in [-0.25, -0.2) is 4.79 Å². The molecular weight excluding hydrogens is 236 g/mol. The molecule has 0 aliphatic carbocycles. The van der Waals surface area contributed by atoms with Crippen molar-refractivity contribution in [3.8, 4) is 0 Å². The zero-order valence-corrected chi connectivity index (χ0v) is 11.3. The number of urea groups is 1. The minimum absolute atomic E-state index is 0.0178. The number of carbonyl (C=O) groups excluding carboxylic acids is 1. The van der Waals surface area contributed by atoms with E-state index in [1.54, 1.807) is 0 Å². The van der Waals surface area contributed by atoms with Crippen molar-refractivity contribution in [2.45, 2.75) is 46.1 Å². The van der Waals surface area contributed by atoms with Crippen molar-refractivity contribution in [1.82, 2.24) is 10.6 Å². The second-order valence-electron chi connectivity index (χ2n) is 5.54. The molecular formula is C12H24N2O4. The summed E-state index contributed by atoms with van der Waals surface area (Å²) in [5.74, 6) is -0.877. The van der Waals surface area contributed by atoms with E-state index in [1.165, 1.54) is 0 Å². The minimum Gasteiger partial charge on any atom is -0.481 e. The van der Waals surface area contributed by atoms with E-state index in [1.807, 2.05) is 20.8 Å². The van der Waals surface area contributed by atoms with Crippen molar-refractivity contribution < 1.29 is 19.8 Å². The summed E-state index contributed by atoms with van der Waals surface area (Å²) in [5.41, 5.74) is 0.0178. The molecule has 0 aromatic carbocycles. The third kappa shape index (κ3) is 9.89. The predicted octanol–water partition coefficient (Wildman–Crippen LogP) is 0.947. The summed E-state index contributed by atoms with van der Waals surface area (Å²) >= 11 is 0. The van der Waals surface area contributed by atoms with Crippen molar-refractivity contribution in [3.05, 3.63) is 0 Å². The van der Waals surface area contributed by atoms with E-state index in [0.717, 1.165) is 0 Å². The maximum atomic E-state index is 11.5. The quantitative estimate of drug-likeness (QED) is 0.512. The number of amides is 2. The molecule has 0 aliphatic rings. The average molecular weight is 260 g/mol. The Hall–Kier alpha value is -1.30. The molecule has 106 valence electrons. The smallest absolute Gasteiger partial charge is 0.315 e. The third-order valence-electron chi connectivity index (χ3n) is 2.27. The molecule has 0 radical (unpaired) electrons. The Labute approximate surface area is 108 Å². The molecule has 0 bridgehead atoms. The first-order valence-electron chi connectivity index (χ1n) is 6.11. The number of aliphatic hydroxyl groups excluding tert-OH is 1. The van der Waals surface area contributed by atoms with Gasteiger partial charge in [-0.15, -0.1) is 0 Å². The van der Waals surface area contributed by atoms with Crippen LogP contribution in [0.4, 0.5) is 4.79 Å². The van der Waals surface area contributed by atoms with E-state index < -0.39 is 5.97 Å². The number of hydrogen-bond donors (Lipinski definition) is 4. The number of carboxylic acid groups (broad SMARTS) is 1. The normalized spacial score (nSPS) is 12.9. The molecule has 1 atom stereocenters. The molecule has 0 aromatic heterocycles. The fourth-order valence-electron chi connectivity index (χ4n) is 1.58. The number of rotatable bonds is 7. The first kappa shape index (κ1) is 16.7. The summed E-state index contributed by atoms with van der Waals surface area (Å²) in [7, 11) is 0. The molecule has 0 saturated heterocycles. The number of carboxylic acids is 1. The average Bonchev–Trinajstić information content (AvgIpc) is 2.21. The van der Waals surface area contributed by atoms with Gasteiger partial charge in [0.25, 0.3) is 0 Å². The van der Waals surface area contributed by atoms with Crippen LogP contribution < -0.4 is 10.6 Å². The third-order valence-corrected chi connectivity index (χ3v) is 2.27. The Morgan fingerprint density at radius 2 is 1.89 bits per heavy atom. The zero-order valence-electron chi connectivity index (χ0n) is 11.3. The zero-order chi connectivity index (χ0) is 14.2. The number of aliphatic carboxylic acids is 1. The van der Waals surface area contributed by atoms with Crippen LogP contribution in [-0.4, -0.2) is 41.4 Å². The molecule has 18 heavy (non-hydrogen) atoms. The van der Waals surface area contributed by atoms with Gasteiger partial charge in [0, 0.05) is 13.0 Å². The summed E-state index contributed by atoms with van der Waals surface area (Å²) in [5, 5.41) is 22.8. The first-order chi connectivity index (χ1) is 8.24. The van der Waals surface area contributed by atoms with Gasteiger partial charge in [-0.2, -0.15) is 0 Å². The monoisotopic (exact) mass is 260 g/mol. The van der Waals surface area contributed by atoms with Gasteiger partial charge >= 0.3 is 12.0 Å². The highest BCUT2D eigenvalue weighted by molar-refractivity contribution is 5.74. The fourth-order valence-corrected chi connectivity index (χ4v) is 1.58. The standard InChI is InChI=1S/C12H24N2O4/c1-12(2,3)7-9(8-15)14-11(18)13-6-4-5-10(16)17/h9,15H,4-8H2,1-3H3,(H,16,17)(H2,13,14,18). The lowest BCUT2D eigenvalue weighted by Crippen LogP contribution is -2.45. The summed E-state index contributed by atoms with van der Waals surface area (Å²) < 4.78 is 0. The van der Waals surface area contributed by atoms with Crippen molar-refractivity contribution in [3.63, 3.8) is 0 Å². The Balaban J connectivity index is 3.87. The topological polar surface area (TPSA) is 98.7 Å². The van der Waals surface area contributed by atoms with Gasteiger partial charge in [-0.3, -0.25) is 4.79 Å². The van der Waals surface area contributed by atoms with E-state index in [0.29, 0.717) is 19.4 Å². The van der Waals surface area contributed by atoms with Crippen LogP contribution in [0.5, 0.6) is 0 Å². The van der Waals surface area contributed by atoms with Crippen LogP contribution in [0.3, 0.4) is 0 Å². The molecule has 2 amide bonds. The van der Waals surface area contributed by atoms with Gasteiger partial charge in [-0.1, -0.05) is 20.8 Å². The van der Waals surface area contributed by atoms with Gasteiger partial charge < -0.3 is 20.8 Å². The molecule has 6 nitrogen and oxygen atoms in total. The lowest BCUT2D eigenvalue weighted by atomic mass is 9.88. The largest absolute Gasteiger partial charge is 0.481 e. The Morgan fingerprint density at radius 1 is 1.28 bits per heavy atom. The van der Waals surface area contributed by atoms with Crippen molar-refractivity contribution >= 4 is 12.0 Å². The van der Waals surface area contributed by atoms with Crippen molar-refractivity contribution in [1.29, 1.82) is 0 Å². The fraction of sp³-hybridized carbons (Fsp3) is 0.833. The Bertz CT molecular complexity index is 274. The van der Waals surface area contributed by atoms with Crippen LogP contribution in [0.1, 0.15) is 40.0 Å². The molecule has 0 spiro atoms. The van der Waals surface area contributed by atoms with Crippen molar-refractivity contribution in [2.24, 2.45) is 5.41 Å². The maximum Gasteiger partial charge on any atom is 0.315 e. The minimum atomic E-state index is -0.877. The second-order valence-corrected chi connectivity index (χ2v) is 5.54. The number of carbonyl (C=O) groups is 2. The Kier molecular flexibility index (Phi) is 7.35. The van der Waals surface area contributed by atoms with Crippen LogP contribution >= 0.6 is 0 Å². The number of aliphatic hydroxyl groups is 1. The van der Waals surface area contributed by atoms with Crippen molar-refractivity contribution in [2.75, 3.05) is 13.2 Å². The molecule has 0 heterocycles. The van der Waals surface area contributed by atoms with E-state index in [9.17, 15) is 9.59 Å². The number of hydrogen-bond acceptors (Lipinski definition) is 3. The molecule has 6 heteroatoms. The highest BCUT2D eigenvalue weighted by Gasteiger charge is 2.19. The summed E-state index contributed by atoms with van der Waals surface area (Å²) in [6.45, 7) is 6.29. The molecule has 1 unspecified atom stereocenters. The molecule has 0 fully saturated rings. The van der Waals surface area contributed by atoms with Crippen LogP contribution in [0.15, 0.2) is 0 Å². The van der Waals surface area contributed by atoms with E-state index in [-0.39, 0.29) is 30.5 Å². The van der Waals surface area contributed by atoms with E-state index in [4.69, 9.17) is 10.2 Å². The summed E-state index contributed by atoms with van der Waals surface area (Å²) in [4.78, 5) is 21.7. The van der Waals surface area contributed by atoms with Crippen LogP contribution in [0, 0.1) is 5.41 Å². The lowest BCUT2D eigenvalue weighted by molar-refractivity contribution is -0.137. The molecule has 4 N–H and O–H groups in total. The van der Waals surface area contributed by atoms with Gasteiger partial charge in [0.2, 0.25) is 0 Å². The highest BCUT2D eigenvalue weighted by Crippen LogP contribution is 2.20. The molecule has 0 saturated carbocycles. The first-order valence-corrected chi connectivity index (χ1v) is 6.11. The second kappa shape index (κ2) is 7.92. The van der Waals surface area contributed by atoms with Crippen LogP contribution in [-0.2, 0) is 4.79 Å².